The third-order valence-electron chi connectivity index (χ3n) is 9.40. The van der Waals surface area contributed by atoms with Crippen LogP contribution >= 0.6 is 0 Å². The molecule has 0 fully saturated rings. The first-order chi connectivity index (χ1) is 21.1. The Bertz CT molecular complexity index is 2380. The quantitative estimate of drug-likeness (QED) is 0.179. The molecule has 0 spiro atoms. The van der Waals surface area contributed by atoms with Gasteiger partial charge in [0.15, 0.2) is 0 Å². The molecule has 8 aromatic rings. The van der Waals surface area contributed by atoms with Crippen molar-refractivity contribution in [3.8, 4) is 11.1 Å². The Kier molecular flexibility index (Phi) is 5.33. The molecule has 0 saturated heterocycles. The maximum absolute atomic E-state index is 2.43. The molecule has 0 unspecified atom stereocenters. The van der Waals surface area contributed by atoms with Crippen LogP contribution in [0.15, 0.2) is 140 Å². The molecule has 204 valence electrons. The fourth-order valence-electron chi connectivity index (χ4n) is 7.21. The van der Waals surface area contributed by atoms with Crippen LogP contribution in [-0.2, 0) is 5.41 Å². The second-order valence-corrected chi connectivity index (χ2v) is 14.4. The Balaban J connectivity index is 1.22. The van der Waals surface area contributed by atoms with Crippen molar-refractivity contribution < 1.29 is 0 Å². The van der Waals surface area contributed by atoms with E-state index in [1.807, 2.05) is 0 Å². The SMILES string of the molecule is CC1(C)c2cc(N(c3ccccc3)c3ccc4c(ccc5c6ccccc6[se]c45)c3)ccc2-c2cc3ccccc3cc21. The van der Waals surface area contributed by atoms with Crippen LogP contribution in [0.25, 0.3) is 52.0 Å². The van der Waals surface area contributed by atoms with E-state index in [-0.39, 0.29) is 5.41 Å². The van der Waals surface area contributed by atoms with Gasteiger partial charge in [-0.2, -0.15) is 0 Å². The van der Waals surface area contributed by atoms with Gasteiger partial charge < -0.3 is 0 Å². The van der Waals surface area contributed by atoms with Crippen molar-refractivity contribution in [2.75, 3.05) is 4.90 Å². The number of anilines is 3. The minimum absolute atomic E-state index is 0.0892. The van der Waals surface area contributed by atoms with E-state index in [2.05, 4.69) is 158 Å². The van der Waals surface area contributed by atoms with Gasteiger partial charge in [-0.05, 0) is 10.8 Å². The van der Waals surface area contributed by atoms with Crippen LogP contribution < -0.4 is 4.90 Å². The first-order valence-corrected chi connectivity index (χ1v) is 16.6. The zero-order valence-electron chi connectivity index (χ0n) is 24.1. The monoisotopic (exact) mass is 615 g/mol. The minimum atomic E-state index is -0.0892. The summed E-state index contributed by atoms with van der Waals surface area (Å²) in [6.45, 7) is 4.75. The van der Waals surface area contributed by atoms with Crippen LogP contribution in [0.4, 0.5) is 17.1 Å². The summed E-state index contributed by atoms with van der Waals surface area (Å²) in [6, 6.07) is 52.0. The van der Waals surface area contributed by atoms with Crippen LogP contribution in [0.3, 0.4) is 0 Å². The van der Waals surface area contributed by atoms with Crippen LogP contribution in [0.5, 0.6) is 0 Å². The maximum atomic E-state index is 2.43. The van der Waals surface area contributed by atoms with Gasteiger partial charge in [-0.15, -0.1) is 0 Å². The fraction of sp³-hybridized carbons (Fsp3) is 0.0732. The Morgan fingerprint density at radius 3 is 2.00 bits per heavy atom. The summed E-state index contributed by atoms with van der Waals surface area (Å²) in [5.41, 5.74) is 8.94. The van der Waals surface area contributed by atoms with Crippen LogP contribution in [0, 0.1) is 0 Å². The summed E-state index contributed by atoms with van der Waals surface area (Å²) in [5, 5.41) is 8.09. The van der Waals surface area contributed by atoms with Gasteiger partial charge in [0.25, 0.3) is 0 Å². The molecule has 0 N–H and O–H groups in total. The van der Waals surface area contributed by atoms with Crippen molar-refractivity contribution in [1.82, 2.24) is 0 Å². The normalized spacial score (nSPS) is 13.5. The molecule has 1 aliphatic rings. The summed E-state index contributed by atoms with van der Waals surface area (Å²) in [5.74, 6) is 0. The second-order valence-electron chi connectivity index (χ2n) is 12.2. The van der Waals surface area contributed by atoms with Gasteiger partial charge in [0.2, 0.25) is 0 Å². The molecule has 0 aliphatic heterocycles. The molecular formula is C41H29NSe. The van der Waals surface area contributed by atoms with Gasteiger partial charge in [0.05, 0.1) is 0 Å². The van der Waals surface area contributed by atoms with Gasteiger partial charge in [-0.25, -0.2) is 0 Å². The van der Waals surface area contributed by atoms with Gasteiger partial charge in [0, 0.05) is 0 Å². The third-order valence-corrected chi connectivity index (χ3v) is 12.0. The van der Waals surface area contributed by atoms with Gasteiger partial charge in [-0.3, -0.25) is 0 Å². The zero-order chi connectivity index (χ0) is 28.7. The van der Waals surface area contributed by atoms with Crippen LogP contribution in [-0.4, -0.2) is 14.5 Å². The standard InChI is InChI=1S/C41H29NSe/c1-41(2)37-24-27-11-7-6-10-26(27)23-36(37)33-21-18-31(25-38(33)41)42(29-12-4-3-5-13-29)30-17-20-32-28(22-30)16-19-35-34-14-8-9-15-39(34)43-40(32)35/h3-25H,1-2H3. The number of fused-ring (bicyclic) bond motifs is 9. The second kappa shape index (κ2) is 9.19. The number of hydrogen-bond donors (Lipinski definition) is 0. The van der Waals surface area contributed by atoms with E-state index < -0.39 is 0 Å². The molecule has 9 rings (SSSR count). The Labute approximate surface area is 257 Å². The van der Waals surface area contributed by atoms with Crippen molar-refractivity contribution in [2.24, 2.45) is 0 Å². The molecule has 1 aliphatic carbocycles. The number of para-hydroxylation sites is 1. The summed E-state index contributed by atoms with van der Waals surface area (Å²) in [4.78, 5) is 2.42. The first-order valence-electron chi connectivity index (χ1n) is 14.9. The van der Waals surface area contributed by atoms with E-state index in [1.165, 1.54) is 80.2 Å². The number of rotatable bonds is 3. The molecule has 0 radical (unpaired) electrons. The van der Waals surface area contributed by atoms with E-state index in [1.54, 1.807) is 0 Å². The van der Waals surface area contributed by atoms with Crippen molar-refractivity contribution in [3.05, 3.63) is 151 Å². The molecule has 0 atom stereocenters. The first kappa shape index (κ1) is 24.9. The van der Waals surface area contributed by atoms with Gasteiger partial charge in [-0.1, -0.05) is 24.3 Å². The number of nitrogens with zero attached hydrogens (tertiary/aromatic N) is 1. The van der Waals surface area contributed by atoms with Crippen molar-refractivity contribution in [3.63, 3.8) is 0 Å². The van der Waals surface area contributed by atoms with Crippen molar-refractivity contribution in [2.45, 2.75) is 19.3 Å². The Morgan fingerprint density at radius 1 is 0.465 bits per heavy atom. The molecule has 0 bridgehead atoms. The van der Waals surface area contributed by atoms with E-state index >= 15 is 0 Å². The summed E-state index contributed by atoms with van der Waals surface area (Å²) < 4.78 is 3.00. The van der Waals surface area contributed by atoms with E-state index in [9.17, 15) is 0 Å². The van der Waals surface area contributed by atoms with Crippen LogP contribution in [0.2, 0.25) is 0 Å². The Hall–Kier alpha value is -4.62. The Morgan fingerprint density at radius 2 is 1.14 bits per heavy atom. The average molecular weight is 615 g/mol. The van der Waals surface area contributed by atoms with E-state index in [0.29, 0.717) is 14.5 Å². The molecule has 0 amide bonds. The van der Waals surface area contributed by atoms with Crippen molar-refractivity contribution >= 4 is 72.4 Å². The summed E-state index contributed by atoms with van der Waals surface area (Å²) in [6.07, 6.45) is 0. The molecule has 1 heterocycles. The summed E-state index contributed by atoms with van der Waals surface area (Å²) in [7, 11) is 0. The fourth-order valence-corrected chi connectivity index (χ4v) is 9.81. The zero-order valence-corrected chi connectivity index (χ0v) is 25.8. The summed E-state index contributed by atoms with van der Waals surface area (Å²) >= 11 is 0.331. The topological polar surface area (TPSA) is 3.24 Å². The predicted molar refractivity (Wildman–Crippen MR) is 186 cm³/mol. The molecule has 2 heteroatoms. The number of hydrogen-bond acceptors (Lipinski definition) is 1. The molecule has 0 saturated carbocycles. The average Bonchev–Trinajstić information content (AvgIpc) is 3.53. The molecular weight excluding hydrogens is 585 g/mol. The van der Waals surface area contributed by atoms with Gasteiger partial charge >= 0.3 is 223 Å². The third kappa shape index (κ3) is 3.70. The van der Waals surface area contributed by atoms with Crippen LogP contribution in [0.1, 0.15) is 25.0 Å². The van der Waals surface area contributed by atoms with E-state index in [4.69, 9.17) is 0 Å². The predicted octanol–water partition coefficient (Wildman–Crippen LogP) is 11.1. The van der Waals surface area contributed by atoms with Gasteiger partial charge in [0.1, 0.15) is 0 Å². The number of benzene rings is 7. The molecule has 7 aromatic carbocycles. The molecule has 1 aromatic heterocycles. The van der Waals surface area contributed by atoms with E-state index in [0.717, 1.165) is 0 Å². The molecule has 43 heavy (non-hydrogen) atoms. The van der Waals surface area contributed by atoms with Crippen molar-refractivity contribution in [1.29, 1.82) is 0 Å². The molecule has 1 nitrogen and oxygen atoms in total.